The van der Waals surface area contributed by atoms with Gasteiger partial charge in [0.1, 0.15) is 0 Å². The molecule has 1 rings (SSSR count). The van der Waals surface area contributed by atoms with Gasteiger partial charge in [0.05, 0.1) is 0 Å². The van der Waals surface area contributed by atoms with Crippen molar-refractivity contribution in [2.45, 2.75) is 6.04 Å². The van der Waals surface area contributed by atoms with Crippen LogP contribution in [0.2, 0.25) is 0 Å². The van der Waals surface area contributed by atoms with Crippen LogP contribution in [0.15, 0.2) is 0 Å². The highest BCUT2D eigenvalue weighted by molar-refractivity contribution is 4.78. The molecule has 11 heavy (non-hydrogen) atoms. The molecule has 0 unspecified atom stereocenters. The van der Waals surface area contributed by atoms with Crippen LogP contribution in [-0.4, -0.2) is 63.2 Å². The Balaban J connectivity index is 2.23. The van der Waals surface area contributed by atoms with E-state index in [-0.39, 0.29) is 0 Å². The first-order chi connectivity index (χ1) is 5.18. The van der Waals surface area contributed by atoms with E-state index in [1.807, 2.05) is 0 Å². The molecule has 1 aliphatic heterocycles. The Hall–Kier alpha value is -0.120. The van der Waals surface area contributed by atoms with Crippen LogP contribution in [-0.2, 0) is 0 Å². The Morgan fingerprint density at radius 1 is 1.55 bits per heavy atom. The molecule has 0 aromatic rings. The second-order valence-corrected chi connectivity index (χ2v) is 3.68. The van der Waals surface area contributed by atoms with E-state index < -0.39 is 0 Å². The van der Waals surface area contributed by atoms with Crippen molar-refractivity contribution in [3.05, 3.63) is 0 Å². The molecule has 1 fully saturated rings. The zero-order valence-electron chi connectivity index (χ0n) is 7.80. The monoisotopic (exact) mass is 157 g/mol. The smallest absolute Gasteiger partial charge is 0.0322 e. The third kappa shape index (κ3) is 3.18. The topological polar surface area (TPSA) is 18.5 Å². The second kappa shape index (κ2) is 4.04. The second-order valence-electron chi connectivity index (χ2n) is 3.68. The molecule has 0 saturated carbocycles. The highest BCUT2D eigenvalue weighted by atomic mass is 15.2. The molecular formula is C8H19N3. The lowest BCUT2D eigenvalue weighted by Crippen LogP contribution is -2.52. The summed E-state index contributed by atoms with van der Waals surface area (Å²) in [6.45, 7) is 4.64. The van der Waals surface area contributed by atoms with E-state index in [4.69, 9.17) is 0 Å². The van der Waals surface area contributed by atoms with Gasteiger partial charge in [-0.1, -0.05) is 0 Å². The Bertz CT molecular complexity index is 112. The van der Waals surface area contributed by atoms with E-state index in [9.17, 15) is 0 Å². The lowest BCUT2D eigenvalue weighted by molar-refractivity contribution is 0.208. The van der Waals surface area contributed by atoms with Gasteiger partial charge in [0.2, 0.25) is 0 Å². The molecule has 1 heterocycles. The molecule has 0 radical (unpaired) electrons. The molecule has 1 saturated heterocycles. The lowest BCUT2D eigenvalue weighted by atomic mass is 10.2. The van der Waals surface area contributed by atoms with Gasteiger partial charge in [0, 0.05) is 32.2 Å². The maximum absolute atomic E-state index is 3.50. The maximum atomic E-state index is 3.50. The summed E-state index contributed by atoms with van der Waals surface area (Å²) >= 11 is 0. The molecule has 0 bridgehead atoms. The van der Waals surface area contributed by atoms with Crippen molar-refractivity contribution in [1.29, 1.82) is 0 Å². The SMILES string of the molecule is CN(C)C[C@H]1CN(C)CCN1. The number of hydrogen-bond acceptors (Lipinski definition) is 3. The Morgan fingerprint density at radius 3 is 2.82 bits per heavy atom. The number of nitrogens with zero attached hydrogens (tertiary/aromatic N) is 2. The molecule has 0 spiro atoms. The van der Waals surface area contributed by atoms with Gasteiger partial charge in [-0.2, -0.15) is 0 Å². The number of rotatable bonds is 2. The summed E-state index contributed by atoms with van der Waals surface area (Å²) in [7, 11) is 6.43. The fourth-order valence-corrected chi connectivity index (χ4v) is 1.55. The van der Waals surface area contributed by atoms with Crippen LogP contribution < -0.4 is 5.32 Å². The Kier molecular flexibility index (Phi) is 3.30. The standard InChI is InChI=1S/C8H19N3/c1-10(2)6-8-7-11(3)5-4-9-8/h8-9H,4-7H2,1-3H3/t8-/m0/s1. The van der Waals surface area contributed by atoms with Gasteiger partial charge in [0.25, 0.3) is 0 Å². The van der Waals surface area contributed by atoms with E-state index in [0.29, 0.717) is 6.04 Å². The van der Waals surface area contributed by atoms with Gasteiger partial charge in [0.15, 0.2) is 0 Å². The van der Waals surface area contributed by atoms with Crippen molar-refractivity contribution in [2.75, 3.05) is 47.3 Å². The van der Waals surface area contributed by atoms with Crippen LogP contribution >= 0.6 is 0 Å². The zero-order chi connectivity index (χ0) is 8.27. The number of likely N-dealkylation sites (N-methyl/N-ethyl adjacent to an activating group) is 2. The number of nitrogens with one attached hydrogen (secondary N) is 1. The first-order valence-electron chi connectivity index (χ1n) is 4.25. The van der Waals surface area contributed by atoms with Gasteiger partial charge in [-0.3, -0.25) is 0 Å². The third-order valence-electron chi connectivity index (χ3n) is 2.04. The van der Waals surface area contributed by atoms with E-state index in [2.05, 4.69) is 36.3 Å². The van der Waals surface area contributed by atoms with Crippen molar-refractivity contribution in [3.8, 4) is 0 Å². The first kappa shape index (κ1) is 8.97. The minimum Gasteiger partial charge on any atom is -0.310 e. The van der Waals surface area contributed by atoms with Crippen LogP contribution in [0.5, 0.6) is 0 Å². The maximum Gasteiger partial charge on any atom is 0.0322 e. The molecule has 3 heteroatoms. The summed E-state index contributed by atoms with van der Waals surface area (Å²) < 4.78 is 0. The summed E-state index contributed by atoms with van der Waals surface area (Å²) in [5.74, 6) is 0. The minimum absolute atomic E-state index is 0.656. The summed E-state index contributed by atoms with van der Waals surface area (Å²) in [6.07, 6.45) is 0. The molecule has 3 nitrogen and oxygen atoms in total. The third-order valence-corrected chi connectivity index (χ3v) is 2.04. The fraction of sp³-hybridized carbons (Fsp3) is 1.00. The van der Waals surface area contributed by atoms with Gasteiger partial charge in [-0.15, -0.1) is 0 Å². The Labute approximate surface area is 69.4 Å². The van der Waals surface area contributed by atoms with Gasteiger partial charge < -0.3 is 15.1 Å². The molecule has 1 atom stereocenters. The fourth-order valence-electron chi connectivity index (χ4n) is 1.55. The van der Waals surface area contributed by atoms with Gasteiger partial charge in [-0.05, 0) is 21.1 Å². The van der Waals surface area contributed by atoms with Crippen molar-refractivity contribution in [1.82, 2.24) is 15.1 Å². The van der Waals surface area contributed by atoms with Crippen molar-refractivity contribution < 1.29 is 0 Å². The van der Waals surface area contributed by atoms with Crippen LogP contribution in [0.25, 0.3) is 0 Å². The molecule has 0 aromatic carbocycles. The molecular weight excluding hydrogens is 138 g/mol. The zero-order valence-corrected chi connectivity index (χ0v) is 7.80. The minimum atomic E-state index is 0.656. The average molecular weight is 157 g/mol. The molecule has 0 aromatic heterocycles. The highest BCUT2D eigenvalue weighted by Crippen LogP contribution is 1.96. The van der Waals surface area contributed by atoms with E-state index in [1.165, 1.54) is 13.1 Å². The van der Waals surface area contributed by atoms with Gasteiger partial charge in [-0.25, -0.2) is 0 Å². The molecule has 66 valence electrons. The van der Waals surface area contributed by atoms with Crippen LogP contribution in [0.3, 0.4) is 0 Å². The lowest BCUT2D eigenvalue weighted by Gasteiger charge is -2.32. The predicted molar refractivity (Wildman–Crippen MR) is 47.8 cm³/mol. The van der Waals surface area contributed by atoms with Crippen molar-refractivity contribution >= 4 is 0 Å². The number of hydrogen-bond donors (Lipinski definition) is 1. The van der Waals surface area contributed by atoms with Crippen LogP contribution in [0, 0.1) is 0 Å². The Morgan fingerprint density at radius 2 is 2.27 bits per heavy atom. The van der Waals surface area contributed by atoms with E-state index >= 15 is 0 Å². The van der Waals surface area contributed by atoms with E-state index in [0.717, 1.165) is 13.1 Å². The quantitative estimate of drug-likeness (QED) is 0.580. The van der Waals surface area contributed by atoms with Crippen LogP contribution in [0.4, 0.5) is 0 Å². The first-order valence-corrected chi connectivity index (χ1v) is 4.25. The van der Waals surface area contributed by atoms with E-state index in [1.54, 1.807) is 0 Å². The average Bonchev–Trinajstić information content (AvgIpc) is 1.85. The largest absolute Gasteiger partial charge is 0.310 e. The molecule has 1 N–H and O–H groups in total. The van der Waals surface area contributed by atoms with Crippen molar-refractivity contribution in [2.24, 2.45) is 0 Å². The predicted octanol–water partition coefficient (Wildman–Crippen LogP) is -0.548. The number of piperazine rings is 1. The van der Waals surface area contributed by atoms with Crippen LogP contribution in [0.1, 0.15) is 0 Å². The highest BCUT2D eigenvalue weighted by Gasteiger charge is 2.15. The normalized spacial score (nSPS) is 27.8. The summed E-state index contributed by atoms with van der Waals surface area (Å²) in [4.78, 5) is 4.61. The summed E-state index contributed by atoms with van der Waals surface area (Å²) in [5.41, 5.74) is 0. The van der Waals surface area contributed by atoms with Crippen molar-refractivity contribution in [3.63, 3.8) is 0 Å². The molecule has 0 aliphatic carbocycles. The molecule has 0 amide bonds. The van der Waals surface area contributed by atoms with Gasteiger partial charge >= 0.3 is 0 Å². The summed E-state index contributed by atoms with van der Waals surface area (Å²) in [6, 6.07) is 0.656. The molecule has 1 aliphatic rings. The summed E-state index contributed by atoms with van der Waals surface area (Å²) in [5, 5.41) is 3.50.